The van der Waals surface area contributed by atoms with E-state index in [2.05, 4.69) is 24.9 Å². The smallest absolute Gasteiger partial charge is 0.240 e. The van der Waals surface area contributed by atoms with E-state index in [1.807, 2.05) is 6.92 Å². The molecule has 0 radical (unpaired) electrons. The lowest BCUT2D eigenvalue weighted by atomic mass is 10.2. The standard InChI is InChI=1S/C14H18FN5O/c1-11-17-14(21-18-11)10-20-6-4-19(5-7-20)9-12-2-3-16-8-13(12)15/h2-3,8H,4-7,9-10H2,1H3. The quantitative estimate of drug-likeness (QED) is 0.844. The molecular weight excluding hydrogens is 273 g/mol. The Morgan fingerprint density at radius 2 is 1.90 bits per heavy atom. The van der Waals surface area contributed by atoms with Gasteiger partial charge in [-0.2, -0.15) is 4.98 Å². The van der Waals surface area contributed by atoms with Crippen LogP contribution in [0.15, 0.2) is 23.0 Å². The Labute approximate surface area is 122 Å². The number of nitrogens with zero attached hydrogens (tertiary/aromatic N) is 5. The minimum atomic E-state index is -0.235. The Balaban J connectivity index is 1.50. The fraction of sp³-hybridized carbons (Fsp3) is 0.500. The summed E-state index contributed by atoms with van der Waals surface area (Å²) in [5, 5.41) is 3.79. The van der Waals surface area contributed by atoms with E-state index in [0.717, 1.165) is 26.2 Å². The van der Waals surface area contributed by atoms with Gasteiger partial charge in [0, 0.05) is 44.5 Å². The van der Waals surface area contributed by atoms with Gasteiger partial charge in [0.15, 0.2) is 5.82 Å². The minimum absolute atomic E-state index is 0.235. The predicted molar refractivity (Wildman–Crippen MR) is 73.8 cm³/mol. The molecule has 1 saturated heterocycles. The van der Waals surface area contributed by atoms with Gasteiger partial charge in [-0.3, -0.25) is 14.8 Å². The monoisotopic (exact) mass is 291 g/mol. The summed E-state index contributed by atoms with van der Waals surface area (Å²) in [5.41, 5.74) is 0.700. The average Bonchev–Trinajstić information content (AvgIpc) is 2.89. The summed E-state index contributed by atoms with van der Waals surface area (Å²) < 4.78 is 18.7. The first-order valence-corrected chi connectivity index (χ1v) is 7.03. The molecule has 0 N–H and O–H groups in total. The molecule has 7 heteroatoms. The Morgan fingerprint density at radius 1 is 1.19 bits per heavy atom. The van der Waals surface area contributed by atoms with E-state index in [1.54, 1.807) is 12.3 Å². The summed E-state index contributed by atoms with van der Waals surface area (Å²) in [6, 6.07) is 1.74. The van der Waals surface area contributed by atoms with Crippen LogP contribution in [0.2, 0.25) is 0 Å². The molecule has 2 aromatic rings. The van der Waals surface area contributed by atoms with Gasteiger partial charge < -0.3 is 4.52 Å². The fourth-order valence-corrected chi connectivity index (χ4v) is 2.47. The molecule has 0 bridgehead atoms. The van der Waals surface area contributed by atoms with Crippen LogP contribution in [0.1, 0.15) is 17.3 Å². The molecule has 112 valence electrons. The second-order valence-electron chi connectivity index (χ2n) is 5.25. The van der Waals surface area contributed by atoms with Crippen molar-refractivity contribution in [3.8, 4) is 0 Å². The highest BCUT2D eigenvalue weighted by atomic mass is 19.1. The maximum absolute atomic E-state index is 13.6. The van der Waals surface area contributed by atoms with E-state index in [-0.39, 0.29) is 5.82 Å². The molecular formula is C14H18FN5O. The summed E-state index contributed by atoms with van der Waals surface area (Å²) in [5.74, 6) is 1.08. The number of hydrogen-bond acceptors (Lipinski definition) is 6. The van der Waals surface area contributed by atoms with Crippen LogP contribution < -0.4 is 0 Å². The van der Waals surface area contributed by atoms with Crippen LogP contribution in [0.25, 0.3) is 0 Å². The van der Waals surface area contributed by atoms with E-state index in [4.69, 9.17) is 4.52 Å². The van der Waals surface area contributed by atoms with Crippen LogP contribution in [-0.4, -0.2) is 51.1 Å². The van der Waals surface area contributed by atoms with E-state index in [9.17, 15) is 4.39 Å². The first kappa shape index (κ1) is 14.1. The molecule has 1 aliphatic rings. The lowest BCUT2D eigenvalue weighted by Gasteiger charge is -2.33. The van der Waals surface area contributed by atoms with Crippen molar-refractivity contribution in [1.29, 1.82) is 0 Å². The molecule has 0 unspecified atom stereocenters. The third kappa shape index (κ3) is 3.62. The molecule has 2 aromatic heterocycles. The second kappa shape index (κ2) is 6.28. The van der Waals surface area contributed by atoms with Gasteiger partial charge in [0.2, 0.25) is 5.89 Å². The number of aromatic nitrogens is 3. The van der Waals surface area contributed by atoms with Crippen molar-refractivity contribution in [2.45, 2.75) is 20.0 Å². The second-order valence-corrected chi connectivity index (χ2v) is 5.25. The van der Waals surface area contributed by atoms with Crippen LogP contribution in [0, 0.1) is 12.7 Å². The minimum Gasteiger partial charge on any atom is -0.338 e. The predicted octanol–water partition coefficient (Wildman–Crippen LogP) is 1.23. The Bertz CT molecular complexity index is 595. The van der Waals surface area contributed by atoms with Gasteiger partial charge in [-0.15, -0.1) is 0 Å². The first-order valence-electron chi connectivity index (χ1n) is 7.03. The molecule has 3 rings (SSSR count). The van der Waals surface area contributed by atoms with Gasteiger partial charge in [-0.25, -0.2) is 4.39 Å². The van der Waals surface area contributed by atoms with E-state index < -0.39 is 0 Å². The average molecular weight is 291 g/mol. The fourth-order valence-electron chi connectivity index (χ4n) is 2.47. The maximum Gasteiger partial charge on any atom is 0.240 e. The van der Waals surface area contributed by atoms with Crippen LogP contribution in [-0.2, 0) is 13.1 Å². The molecule has 0 spiro atoms. The number of pyridine rings is 1. The Morgan fingerprint density at radius 3 is 2.52 bits per heavy atom. The Kier molecular flexibility index (Phi) is 4.21. The molecule has 6 nitrogen and oxygen atoms in total. The van der Waals surface area contributed by atoms with E-state index in [0.29, 0.717) is 30.4 Å². The van der Waals surface area contributed by atoms with E-state index in [1.165, 1.54) is 6.20 Å². The maximum atomic E-state index is 13.6. The van der Waals surface area contributed by atoms with Crippen LogP contribution in [0.5, 0.6) is 0 Å². The van der Waals surface area contributed by atoms with E-state index >= 15 is 0 Å². The lowest BCUT2D eigenvalue weighted by molar-refractivity contribution is 0.111. The van der Waals surface area contributed by atoms with Crippen molar-refractivity contribution in [3.63, 3.8) is 0 Å². The third-order valence-electron chi connectivity index (χ3n) is 3.64. The number of aryl methyl sites for hydroxylation is 1. The highest BCUT2D eigenvalue weighted by molar-refractivity contribution is 5.12. The first-order chi connectivity index (χ1) is 10.2. The van der Waals surface area contributed by atoms with Crippen LogP contribution in [0.3, 0.4) is 0 Å². The molecule has 1 fully saturated rings. The molecule has 3 heterocycles. The molecule has 0 atom stereocenters. The van der Waals surface area contributed by atoms with Crippen molar-refractivity contribution in [3.05, 3.63) is 41.6 Å². The van der Waals surface area contributed by atoms with Gasteiger partial charge in [-0.05, 0) is 13.0 Å². The third-order valence-corrected chi connectivity index (χ3v) is 3.64. The van der Waals surface area contributed by atoms with Crippen LogP contribution >= 0.6 is 0 Å². The number of hydrogen-bond donors (Lipinski definition) is 0. The van der Waals surface area contributed by atoms with Crippen LogP contribution in [0.4, 0.5) is 4.39 Å². The van der Waals surface area contributed by atoms with Gasteiger partial charge in [0.25, 0.3) is 0 Å². The number of rotatable bonds is 4. The molecule has 0 saturated carbocycles. The summed E-state index contributed by atoms with van der Waals surface area (Å²) in [4.78, 5) is 12.5. The van der Waals surface area contributed by atoms with Crippen molar-refractivity contribution in [2.24, 2.45) is 0 Å². The van der Waals surface area contributed by atoms with Crippen molar-refractivity contribution >= 4 is 0 Å². The zero-order valence-corrected chi connectivity index (χ0v) is 12.0. The molecule has 0 amide bonds. The Hall–Kier alpha value is -1.86. The van der Waals surface area contributed by atoms with Crippen molar-refractivity contribution in [1.82, 2.24) is 24.9 Å². The van der Waals surface area contributed by atoms with Crippen molar-refractivity contribution in [2.75, 3.05) is 26.2 Å². The largest absolute Gasteiger partial charge is 0.338 e. The molecule has 0 aliphatic carbocycles. The molecule has 21 heavy (non-hydrogen) atoms. The van der Waals surface area contributed by atoms with Crippen molar-refractivity contribution < 1.29 is 8.91 Å². The van der Waals surface area contributed by atoms with Gasteiger partial charge >= 0.3 is 0 Å². The molecule has 0 aromatic carbocycles. The highest BCUT2D eigenvalue weighted by Gasteiger charge is 2.19. The van der Waals surface area contributed by atoms with Gasteiger partial charge in [-0.1, -0.05) is 5.16 Å². The number of halogens is 1. The summed E-state index contributed by atoms with van der Waals surface area (Å²) >= 11 is 0. The summed E-state index contributed by atoms with van der Waals surface area (Å²) in [7, 11) is 0. The van der Waals surface area contributed by atoms with Gasteiger partial charge in [0.05, 0.1) is 12.7 Å². The lowest BCUT2D eigenvalue weighted by Crippen LogP contribution is -2.45. The zero-order valence-electron chi connectivity index (χ0n) is 12.0. The zero-order chi connectivity index (χ0) is 14.7. The van der Waals surface area contributed by atoms with Gasteiger partial charge in [0.1, 0.15) is 5.82 Å². The summed E-state index contributed by atoms with van der Waals surface area (Å²) in [6.07, 6.45) is 2.90. The number of piperazine rings is 1. The molecule has 1 aliphatic heterocycles. The SMILES string of the molecule is Cc1noc(CN2CCN(Cc3ccncc3F)CC2)n1. The topological polar surface area (TPSA) is 58.3 Å². The normalized spacial score (nSPS) is 17.2. The highest BCUT2D eigenvalue weighted by Crippen LogP contribution is 2.12. The summed E-state index contributed by atoms with van der Waals surface area (Å²) in [6.45, 7) is 6.74.